The lowest BCUT2D eigenvalue weighted by molar-refractivity contribution is -0.202. The number of ether oxygens (including phenoxy) is 1. The van der Waals surface area contributed by atoms with Crippen molar-refractivity contribution in [3.63, 3.8) is 0 Å². The second-order valence-electron chi connectivity index (χ2n) is 9.33. The first-order valence-electron chi connectivity index (χ1n) is 13.2. The monoisotopic (exact) mass is 616 g/mol. The lowest BCUT2D eigenvalue weighted by Crippen LogP contribution is -2.41. The first-order chi connectivity index (χ1) is 20.9. The lowest BCUT2D eigenvalue weighted by atomic mass is 9.99. The second kappa shape index (κ2) is 15.8. The van der Waals surface area contributed by atoms with Gasteiger partial charge in [-0.05, 0) is 34.4 Å². The first kappa shape index (κ1) is 33.2. The highest BCUT2D eigenvalue weighted by molar-refractivity contribution is 5.89. The van der Waals surface area contributed by atoms with Gasteiger partial charge in [0.25, 0.3) is 0 Å². The molecule has 1 atom stereocenters. The maximum atomic E-state index is 12.9. The molecule has 0 saturated heterocycles. The summed E-state index contributed by atoms with van der Waals surface area (Å²) in [4.78, 5) is 59.8. The fraction of sp³-hybridized carbons (Fsp3) is 0.233. The van der Waals surface area contributed by atoms with Gasteiger partial charge in [-0.15, -0.1) is 0 Å². The van der Waals surface area contributed by atoms with Crippen LogP contribution in [0.5, 0.6) is 0 Å². The maximum Gasteiger partial charge on any atom is 0.491 e. The van der Waals surface area contributed by atoms with E-state index in [1.165, 1.54) is 24.3 Å². The summed E-state index contributed by atoms with van der Waals surface area (Å²) in [6, 6.07) is 19.4. The number of urea groups is 1. The van der Waals surface area contributed by atoms with E-state index >= 15 is 0 Å². The highest BCUT2D eigenvalue weighted by Gasteiger charge is 2.42. The summed E-state index contributed by atoms with van der Waals surface area (Å²) in [5.41, 5.74) is 2.66. The van der Waals surface area contributed by atoms with Crippen molar-refractivity contribution >= 4 is 29.8 Å². The molecule has 0 bridgehead atoms. The smallest absolute Gasteiger partial charge is 0.386 e. The standard InChI is InChI=1S/C30H28F4N4O6/c31-23-12-6-19(7-13-23)17-37-29(43)35-15-14-25(39)36-18-26(40)38-24(16-27(41)44-28(42)30(32,33)34)22-10-8-21(9-11-22)20-4-2-1-3-5-20/h1-13,24H,14-18H2,(H,36,39)(H,38,40)(H2,35,37,43). The molecule has 0 heterocycles. The van der Waals surface area contributed by atoms with Crippen LogP contribution in [0.3, 0.4) is 0 Å². The Kier molecular flexibility index (Phi) is 11.9. The number of esters is 2. The van der Waals surface area contributed by atoms with Gasteiger partial charge in [-0.25, -0.2) is 14.0 Å². The van der Waals surface area contributed by atoms with Crippen LogP contribution in [0.1, 0.15) is 30.0 Å². The quantitative estimate of drug-likeness (QED) is 0.139. The van der Waals surface area contributed by atoms with Crippen LogP contribution in [-0.2, 0) is 30.5 Å². The number of hydrogen-bond acceptors (Lipinski definition) is 6. The van der Waals surface area contributed by atoms with Gasteiger partial charge in [0.15, 0.2) is 0 Å². The Morgan fingerprint density at radius 2 is 1.39 bits per heavy atom. The first-order valence-corrected chi connectivity index (χ1v) is 13.2. The summed E-state index contributed by atoms with van der Waals surface area (Å²) in [5, 5.41) is 9.78. The highest BCUT2D eigenvalue weighted by Crippen LogP contribution is 2.24. The summed E-state index contributed by atoms with van der Waals surface area (Å²) in [5.74, 6) is -5.99. The molecule has 0 aliphatic carbocycles. The molecule has 0 aromatic heterocycles. The van der Waals surface area contributed by atoms with Crippen LogP contribution in [-0.4, -0.2) is 49.0 Å². The minimum Gasteiger partial charge on any atom is -0.386 e. The summed E-state index contributed by atoms with van der Waals surface area (Å²) in [6.07, 6.45) is -6.37. The number of rotatable bonds is 12. The number of hydrogen-bond donors (Lipinski definition) is 4. The van der Waals surface area contributed by atoms with Crippen molar-refractivity contribution in [2.24, 2.45) is 0 Å². The minimum atomic E-state index is -5.38. The molecule has 0 spiro atoms. The van der Waals surface area contributed by atoms with E-state index in [4.69, 9.17) is 0 Å². The molecule has 3 rings (SSSR count). The topological polar surface area (TPSA) is 143 Å². The molecule has 44 heavy (non-hydrogen) atoms. The van der Waals surface area contributed by atoms with Crippen LogP contribution in [0.15, 0.2) is 78.9 Å². The third kappa shape index (κ3) is 11.2. The van der Waals surface area contributed by atoms with E-state index in [9.17, 15) is 41.5 Å². The van der Waals surface area contributed by atoms with E-state index in [0.717, 1.165) is 11.1 Å². The van der Waals surface area contributed by atoms with Crippen LogP contribution in [0.2, 0.25) is 0 Å². The average Bonchev–Trinajstić information content (AvgIpc) is 2.99. The molecular formula is C30H28F4N4O6. The number of carbonyl (C=O) groups is 5. The molecule has 0 saturated carbocycles. The van der Waals surface area contributed by atoms with E-state index < -0.39 is 60.8 Å². The van der Waals surface area contributed by atoms with Crippen LogP contribution in [0.4, 0.5) is 22.4 Å². The van der Waals surface area contributed by atoms with E-state index in [2.05, 4.69) is 26.0 Å². The van der Waals surface area contributed by atoms with Crippen molar-refractivity contribution in [2.45, 2.75) is 31.6 Å². The molecule has 10 nitrogen and oxygen atoms in total. The number of carbonyl (C=O) groups excluding carboxylic acids is 5. The second-order valence-corrected chi connectivity index (χ2v) is 9.33. The van der Waals surface area contributed by atoms with Gasteiger partial charge in [0, 0.05) is 19.5 Å². The molecule has 1 unspecified atom stereocenters. The van der Waals surface area contributed by atoms with Crippen molar-refractivity contribution in [1.29, 1.82) is 0 Å². The van der Waals surface area contributed by atoms with Crippen molar-refractivity contribution in [1.82, 2.24) is 21.3 Å². The molecule has 3 aromatic rings. The Morgan fingerprint density at radius 3 is 2.02 bits per heavy atom. The Hall–Kier alpha value is -5.27. The summed E-state index contributed by atoms with van der Waals surface area (Å²) in [7, 11) is 0. The lowest BCUT2D eigenvalue weighted by Gasteiger charge is -2.19. The van der Waals surface area contributed by atoms with Crippen LogP contribution in [0.25, 0.3) is 11.1 Å². The van der Waals surface area contributed by atoms with Crippen molar-refractivity contribution in [3.05, 3.63) is 95.8 Å². The number of halogens is 4. The van der Waals surface area contributed by atoms with Gasteiger partial charge in [-0.3, -0.25) is 14.4 Å². The van der Waals surface area contributed by atoms with E-state index in [-0.39, 0.29) is 19.5 Å². The summed E-state index contributed by atoms with van der Waals surface area (Å²) >= 11 is 0. The summed E-state index contributed by atoms with van der Waals surface area (Å²) in [6.45, 7) is -0.491. The fourth-order valence-electron chi connectivity index (χ4n) is 3.81. The number of amides is 4. The normalized spacial score (nSPS) is 11.5. The minimum absolute atomic E-state index is 0.0713. The van der Waals surface area contributed by atoms with Gasteiger partial charge in [0.2, 0.25) is 11.8 Å². The third-order valence-corrected chi connectivity index (χ3v) is 6.01. The van der Waals surface area contributed by atoms with Crippen LogP contribution >= 0.6 is 0 Å². The Labute approximate surface area is 249 Å². The van der Waals surface area contributed by atoms with Crippen molar-refractivity contribution in [2.75, 3.05) is 13.1 Å². The van der Waals surface area contributed by atoms with Gasteiger partial charge < -0.3 is 26.0 Å². The maximum absolute atomic E-state index is 12.9. The molecule has 0 aliphatic heterocycles. The zero-order chi connectivity index (χ0) is 32.1. The van der Waals surface area contributed by atoms with Gasteiger partial charge in [-0.2, -0.15) is 13.2 Å². The van der Waals surface area contributed by atoms with Crippen LogP contribution < -0.4 is 21.3 Å². The molecule has 232 valence electrons. The molecule has 14 heteroatoms. The predicted molar refractivity (Wildman–Crippen MR) is 149 cm³/mol. The number of nitrogens with one attached hydrogen (secondary N) is 4. The molecular weight excluding hydrogens is 588 g/mol. The van der Waals surface area contributed by atoms with Gasteiger partial charge >= 0.3 is 24.1 Å². The fourth-order valence-corrected chi connectivity index (χ4v) is 3.81. The number of benzene rings is 3. The van der Waals surface area contributed by atoms with Gasteiger partial charge in [0.1, 0.15) is 5.82 Å². The van der Waals surface area contributed by atoms with Crippen molar-refractivity contribution in [3.8, 4) is 11.1 Å². The van der Waals surface area contributed by atoms with E-state index in [1.807, 2.05) is 30.3 Å². The molecule has 3 aromatic carbocycles. The van der Waals surface area contributed by atoms with Crippen molar-refractivity contribution < 1.29 is 46.3 Å². The SMILES string of the molecule is O=C(CCNC(=O)NCc1ccc(F)cc1)NCC(=O)NC(CC(=O)OC(=O)C(F)(F)F)c1ccc(-c2ccccc2)cc1. The zero-order valence-corrected chi connectivity index (χ0v) is 23.1. The number of alkyl halides is 3. The summed E-state index contributed by atoms with van der Waals surface area (Å²) < 4.78 is 54.4. The van der Waals surface area contributed by atoms with E-state index in [0.29, 0.717) is 11.1 Å². The molecule has 4 N–H and O–H groups in total. The molecule has 0 radical (unpaired) electrons. The Balaban J connectivity index is 1.51. The average molecular weight is 617 g/mol. The van der Waals surface area contributed by atoms with Gasteiger partial charge in [0.05, 0.1) is 19.0 Å². The zero-order valence-electron chi connectivity index (χ0n) is 23.1. The predicted octanol–water partition coefficient (Wildman–Crippen LogP) is 3.68. The van der Waals surface area contributed by atoms with Gasteiger partial charge in [-0.1, -0.05) is 66.7 Å². The Morgan fingerprint density at radius 1 is 0.750 bits per heavy atom. The highest BCUT2D eigenvalue weighted by atomic mass is 19.4. The van der Waals surface area contributed by atoms with E-state index in [1.54, 1.807) is 24.3 Å². The molecule has 0 fully saturated rings. The molecule has 0 aliphatic rings. The molecule has 4 amide bonds. The largest absolute Gasteiger partial charge is 0.491 e. The third-order valence-electron chi connectivity index (χ3n) is 6.01. The van der Waals surface area contributed by atoms with Crippen LogP contribution in [0, 0.1) is 5.82 Å². The Bertz CT molecular complexity index is 1450.